The predicted molar refractivity (Wildman–Crippen MR) is 79.4 cm³/mol. The van der Waals surface area contributed by atoms with E-state index in [4.69, 9.17) is 9.47 Å². The average molecular weight is 292 g/mol. The zero-order valence-electron chi connectivity index (χ0n) is 13.5. The van der Waals surface area contributed by atoms with E-state index in [-0.39, 0.29) is 24.5 Å². The molecule has 0 radical (unpaired) electrons. The third-order valence-electron chi connectivity index (χ3n) is 4.98. The average Bonchev–Trinajstić information content (AvgIpc) is 2.66. The molecule has 0 aromatic carbocycles. The molecule has 1 saturated carbocycles. The first-order valence-electron chi connectivity index (χ1n) is 7.30. The summed E-state index contributed by atoms with van der Waals surface area (Å²) >= 11 is 0. The highest BCUT2D eigenvalue weighted by atomic mass is 16.5. The molecule has 1 saturated heterocycles. The summed E-state index contributed by atoms with van der Waals surface area (Å²) in [5.41, 5.74) is 0.730. The summed E-state index contributed by atoms with van der Waals surface area (Å²) in [5, 5.41) is 0. The van der Waals surface area contributed by atoms with Gasteiger partial charge in [-0.05, 0) is 32.3 Å². The van der Waals surface area contributed by atoms with E-state index < -0.39 is 16.7 Å². The Morgan fingerprint density at radius 2 is 2.05 bits per heavy atom. The maximum absolute atomic E-state index is 12.4. The lowest BCUT2D eigenvalue weighted by atomic mass is 9.81. The van der Waals surface area contributed by atoms with Crippen LogP contribution < -0.4 is 0 Å². The van der Waals surface area contributed by atoms with E-state index in [2.05, 4.69) is 6.58 Å². The first-order chi connectivity index (χ1) is 9.67. The molecule has 2 rings (SSSR count). The van der Waals surface area contributed by atoms with Gasteiger partial charge in [0.1, 0.15) is 6.61 Å². The Morgan fingerprint density at radius 1 is 1.43 bits per heavy atom. The first kappa shape index (κ1) is 15.8. The summed E-state index contributed by atoms with van der Waals surface area (Å²) in [7, 11) is 0. The molecule has 3 atom stereocenters. The normalized spacial score (nSPS) is 32.5. The zero-order chi connectivity index (χ0) is 16.0. The molecule has 0 amide bonds. The lowest BCUT2D eigenvalue weighted by Crippen LogP contribution is -2.26. The maximum Gasteiger partial charge on any atom is 0.314 e. The van der Waals surface area contributed by atoms with Crippen molar-refractivity contribution in [3.8, 4) is 0 Å². The molecular weight excluding hydrogens is 268 g/mol. The molecule has 0 bridgehead atoms. The van der Waals surface area contributed by atoms with Crippen molar-refractivity contribution in [2.75, 3.05) is 13.2 Å². The molecule has 2 aliphatic rings. The van der Waals surface area contributed by atoms with Gasteiger partial charge in [0.25, 0.3) is 0 Å². The number of carbonyl (C=O) groups excluding carboxylic acids is 2. The minimum absolute atomic E-state index is 0.110. The van der Waals surface area contributed by atoms with Gasteiger partial charge in [-0.15, -0.1) is 0 Å². The van der Waals surface area contributed by atoms with Crippen LogP contribution in [-0.2, 0) is 19.1 Å². The van der Waals surface area contributed by atoms with Crippen LogP contribution in [0.1, 0.15) is 34.6 Å². The van der Waals surface area contributed by atoms with Gasteiger partial charge in [-0.1, -0.05) is 31.6 Å². The highest BCUT2D eigenvalue weighted by Crippen LogP contribution is 2.75. The third kappa shape index (κ3) is 2.12. The van der Waals surface area contributed by atoms with Crippen molar-refractivity contribution in [1.29, 1.82) is 0 Å². The summed E-state index contributed by atoms with van der Waals surface area (Å²) in [6, 6.07) is 0. The van der Waals surface area contributed by atoms with Crippen molar-refractivity contribution < 1.29 is 19.1 Å². The minimum atomic E-state index is -0.791. The van der Waals surface area contributed by atoms with Crippen LogP contribution in [0.15, 0.2) is 23.8 Å². The summed E-state index contributed by atoms with van der Waals surface area (Å²) in [6.45, 7) is 14.2. The van der Waals surface area contributed by atoms with Gasteiger partial charge in [-0.3, -0.25) is 9.59 Å². The van der Waals surface area contributed by atoms with Crippen LogP contribution >= 0.6 is 0 Å². The molecule has 1 spiro atoms. The quantitative estimate of drug-likeness (QED) is 0.590. The SMILES string of the molecule is C=C(C)[C@@H]1COC(=O)[C@@]12[C@H](C(=O)OCC=C(C)C)C2(C)C. The second kappa shape index (κ2) is 5.00. The van der Waals surface area contributed by atoms with E-state index >= 15 is 0 Å². The lowest BCUT2D eigenvalue weighted by molar-refractivity contribution is -0.150. The third-order valence-corrected chi connectivity index (χ3v) is 4.98. The van der Waals surface area contributed by atoms with E-state index in [1.165, 1.54) is 0 Å². The van der Waals surface area contributed by atoms with Gasteiger partial charge >= 0.3 is 11.9 Å². The fourth-order valence-electron chi connectivity index (χ4n) is 3.77. The molecule has 0 aromatic rings. The van der Waals surface area contributed by atoms with Crippen LogP contribution in [0.5, 0.6) is 0 Å². The fraction of sp³-hybridized carbons (Fsp3) is 0.647. The summed E-state index contributed by atoms with van der Waals surface area (Å²) in [4.78, 5) is 24.7. The highest BCUT2D eigenvalue weighted by molar-refractivity contribution is 5.95. The molecule has 1 aliphatic heterocycles. The van der Waals surface area contributed by atoms with Crippen molar-refractivity contribution in [2.24, 2.45) is 22.7 Å². The van der Waals surface area contributed by atoms with Crippen molar-refractivity contribution in [3.05, 3.63) is 23.8 Å². The number of ether oxygens (including phenoxy) is 2. The van der Waals surface area contributed by atoms with Gasteiger partial charge in [-0.25, -0.2) is 0 Å². The minimum Gasteiger partial charge on any atom is -0.465 e. The number of esters is 2. The number of hydrogen-bond donors (Lipinski definition) is 0. The van der Waals surface area contributed by atoms with Crippen molar-refractivity contribution in [2.45, 2.75) is 34.6 Å². The number of allylic oxidation sites excluding steroid dienone is 1. The molecule has 4 nitrogen and oxygen atoms in total. The molecule has 4 heteroatoms. The van der Waals surface area contributed by atoms with Crippen molar-refractivity contribution in [1.82, 2.24) is 0 Å². The number of rotatable bonds is 4. The van der Waals surface area contributed by atoms with Gasteiger partial charge in [0.2, 0.25) is 0 Å². The van der Waals surface area contributed by atoms with Crippen molar-refractivity contribution >= 4 is 11.9 Å². The topological polar surface area (TPSA) is 52.6 Å². The Labute approximate surface area is 126 Å². The lowest BCUT2D eigenvalue weighted by Gasteiger charge is -2.17. The Bertz CT molecular complexity index is 525. The van der Waals surface area contributed by atoms with Crippen LogP contribution in [0, 0.1) is 22.7 Å². The Balaban J connectivity index is 2.21. The van der Waals surface area contributed by atoms with Gasteiger partial charge in [0, 0.05) is 5.92 Å². The second-order valence-electron chi connectivity index (χ2n) is 6.93. The predicted octanol–water partition coefficient (Wildman–Crippen LogP) is 2.89. The monoisotopic (exact) mass is 292 g/mol. The van der Waals surface area contributed by atoms with Crippen molar-refractivity contribution in [3.63, 3.8) is 0 Å². The van der Waals surface area contributed by atoms with E-state index in [0.29, 0.717) is 6.61 Å². The maximum atomic E-state index is 12.4. The van der Waals surface area contributed by atoms with E-state index in [1.807, 2.05) is 40.7 Å². The largest absolute Gasteiger partial charge is 0.465 e. The Morgan fingerprint density at radius 3 is 2.57 bits per heavy atom. The van der Waals surface area contributed by atoms with E-state index in [9.17, 15) is 9.59 Å². The number of cyclic esters (lactones) is 1. The molecule has 0 unspecified atom stereocenters. The Hall–Kier alpha value is -1.58. The van der Waals surface area contributed by atoms with Gasteiger partial charge in [0.05, 0.1) is 17.9 Å². The number of hydrogen-bond acceptors (Lipinski definition) is 4. The molecule has 1 heterocycles. The zero-order valence-corrected chi connectivity index (χ0v) is 13.5. The van der Waals surface area contributed by atoms with Crippen LogP contribution in [-0.4, -0.2) is 25.2 Å². The van der Waals surface area contributed by atoms with Gasteiger partial charge in [0.15, 0.2) is 0 Å². The van der Waals surface area contributed by atoms with Crippen LogP contribution in [0.3, 0.4) is 0 Å². The Kier molecular flexibility index (Phi) is 3.77. The molecule has 0 aromatic heterocycles. The summed E-state index contributed by atoms with van der Waals surface area (Å²) in [5.74, 6) is -1.17. The first-order valence-corrected chi connectivity index (χ1v) is 7.30. The van der Waals surface area contributed by atoms with E-state index in [0.717, 1.165) is 11.1 Å². The second-order valence-corrected chi connectivity index (χ2v) is 6.93. The smallest absolute Gasteiger partial charge is 0.314 e. The molecule has 0 N–H and O–H groups in total. The molecular formula is C17H24O4. The van der Waals surface area contributed by atoms with Crippen LogP contribution in [0.2, 0.25) is 0 Å². The highest BCUT2D eigenvalue weighted by Gasteiger charge is 2.84. The molecule has 2 fully saturated rings. The summed E-state index contributed by atoms with van der Waals surface area (Å²) in [6.07, 6.45) is 1.85. The fourth-order valence-corrected chi connectivity index (χ4v) is 3.77. The number of carbonyl (C=O) groups is 2. The standard InChI is InChI=1S/C17H24O4/c1-10(2)7-8-20-14(18)13-16(5,6)17(13)12(11(3)4)9-21-15(17)19/h7,12-13H,3,8-9H2,1-2,4-6H3/t12-,13+,17-/m0/s1. The van der Waals surface area contributed by atoms with Gasteiger partial charge < -0.3 is 9.47 Å². The van der Waals surface area contributed by atoms with Crippen LogP contribution in [0.4, 0.5) is 0 Å². The molecule has 21 heavy (non-hydrogen) atoms. The van der Waals surface area contributed by atoms with Crippen LogP contribution in [0.25, 0.3) is 0 Å². The summed E-state index contributed by atoms with van der Waals surface area (Å²) < 4.78 is 10.6. The van der Waals surface area contributed by atoms with E-state index in [1.54, 1.807) is 0 Å². The molecule has 116 valence electrons. The molecule has 1 aliphatic carbocycles. The van der Waals surface area contributed by atoms with Gasteiger partial charge in [-0.2, -0.15) is 0 Å².